The average molecular weight is 452 g/mol. The Labute approximate surface area is 184 Å². The molecule has 0 heterocycles. The molecule has 2 unspecified atom stereocenters. The Morgan fingerprint density at radius 3 is 2.00 bits per heavy atom. The minimum absolute atomic E-state index is 0.0122. The van der Waals surface area contributed by atoms with Crippen molar-refractivity contribution >= 4 is 30.0 Å². The van der Waals surface area contributed by atoms with Crippen LogP contribution in [0.1, 0.15) is 30.1 Å². The van der Waals surface area contributed by atoms with E-state index in [4.69, 9.17) is 15.3 Å². The van der Waals surface area contributed by atoms with Crippen LogP contribution in [0.25, 0.3) is 6.08 Å². The molecule has 176 valence electrons. The largest absolute Gasteiger partial charge is 0.481 e. The van der Waals surface area contributed by atoms with E-state index in [1.165, 1.54) is 0 Å². The Balaban J connectivity index is 2.95. The van der Waals surface area contributed by atoms with E-state index in [1.54, 1.807) is 35.2 Å². The van der Waals surface area contributed by atoms with Crippen LogP contribution in [0, 0.1) is 0 Å². The van der Waals surface area contributed by atoms with Crippen LogP contribution in [0.15, 0.2) is 30.8 Å². The molecule has 2 atom stereocenters. The van der Waals surface area contributed by atoms with Crippen molar-refractivity contribution in [2.45, 2.75) is 25.0 Å². The quantitative estimate of drug-likeness (QED) is 0.235. The van der Waals surface area contributed by atoms with Crippen molar-refractivity contribution in [1.29, 1.82) is 0 Å². The molecule has 0 aliphatic heterocycles. The van der Waals surface area contributed by atoms with Gasteiger partial charge in [0.2, 0.25) is 0 Å². The lowest BCUT2D eigenvalue weighted by molar-refractivity contribution is -0.152. The summed E-state index contributed by atoms with van der Waals surface area (Å²) in [5.41, 5.74) is 1.43. The number of rotatable bonds is 16. The molecule has 0 saturated heterocycles. The smallest absolute Gasteiger partial charge is 0.321 e. The van der Waals surface area contributed by atoms with Gasteiger partial charge in [0.05, 0.1) is 25.5 Å². The van der Waals surface area contributed by atoms with Gasteiger partial charge in [-0.3, -0.25) is 29.0 Å². The van der Waals surface area contributed by atoms with E-state index in [0.717, 1.165) is 10.5 Å². The normalized spacial score (nSPS) is 13.0. The van der Waals surface area contributed by atoms with Crippen LogP contribution < -0.4 is 0 Å². The molecule has 0 aliphatic carbocycles. The molecule has 11 heteroatoms. The van der Waals surface area contributed by atoms with E-state index in [-0.39, 0.29) is 32.6 Å². The van der Waals surface area contributed by atoms with Gasteiger partial charge >= 0.3 is 23.9 Å². The topological polar surface area (TPSA) is 176 Å². The van der Waals surface area contributed by atoms with Crippen molar-refractivity contribution < 1.29 is 44.7 Å². The van der Waals surface area contributed by atoms with Crippen LogP contribution in [0.4, 0.5) is 0 Å². The zero-order valence-electron chi connectivity index (χ0n) is 17.5. The van der Waals surface area contributed by atoms with Crippen molar-refractivity contribution in [1.82, 2.24) is 9.80 Å². The lowest BCUT2D eigenvalue weighted by Gasteiger charge is -2.30. The molecule has 0 aromatic heterocycles. The molecule has 0 bridgehead atoms. The number of nitrogens with zero attached hydrogens (tertiary/aromatic N) is 2. The Morgan fingerprint density at radius 2 is 1.53 bits per heavy atom. The molecular weight excluding hydrogens is 424 g/mol. The second-order valence-corrected chi connectivity index (χ2v) is 7.15. The number of carboxylic acids is 4. The fourth-order valence-electron chi connectivity index (χ4n) is 3.08. The average Bonchev–Trinajstić information content (AvgIpc) is 2.72. The van der Waals surface area contributed by atoms with Gasteiger partial charge in [0, 0.05) is 26.2 Å². The lowest BCUT2D eigenvalue weighted by Crippen LogP contribution is -2.48. The number of aliphatic carboxylic acids is 4. The molecule has 11 nitrogen and oxygen atoms in total. The van der Waals surface area contributed by atoms with E-state index in [1.807, 2.05) is 0 Å². The Kier molecular flexibility index (Phi) is 11.0. The van der Waals surface area contributed by atoms with Crippen molar-refractivity contribution in [3.63, 3.8) is 0 Å². The zero-order chi connectivity index (χ0) is 24.3. The molecule has 1 aromatic carbocycles. The van der Waals surface area contributed by atoms with Crippen LogP contribution in [-0.2, 0) is 19.2 Å². The first-order valence-corrected chi connectivity index (χ1v) is 9.78. The van der Waals surface area contributed by atoms with Gasteiger partial charge in [-0.1, -0.05) is 36.9 Å². The number of aliphatic hydroxyl groups is 1. The van der Waals surface area contributed by atoms with Crippen molar-refractivity contribution in [2.75, 3.05) is 32.7 Å². The third kappa shape index (κ3) is 9.69. The third-order valence-corrected chi connectivity index (χ3v) is 4.77. The molecular formula is C21H28N2O9. The van der Waals surface area contributed by atoms with Crippen LogP contribution in [0.3, 0.4) is 0 Å². The summed E-state index contributed by atoms with van der Waals surface area (Å²) in [5, 5.41) is 47.0. The molecule has 1 rings (SSSR count). The summed E-state index contributed by atoms with van der Waals surface area (Å²) in [5.74, 6) is -5.28. The van der Waals surface area contributed by atoms with E-state index < -0.39 is 49.0 Å². The molecule has 0 radical (unpaired) electrons. The zero-order valence-corrected chi connectivity index (χ0v) is 17.5. The number of benzene rings is 1. The predicted molar refractivity (Wildman–Crippen MR) is 113 cm³/mol. The van der Waals surface area contributed by atoms with Crippen molar-refractivity contribution in [2.24, 2.45) is 0 Å². The van der Waals surface area contributed by atoms with Gasteiger partial charge in [0.25, 0.3) is 0 Å². The second-order valence-electron chi connectivity index (χ2n) is 7.15. The van der Waals surface area contributed by atoms with E-state index in [0.29, 0.717) is 5.56 Å². The minimum atomic E-state index is -1.57. The predicted octanol–water partition coefficient (Wildman–Crippen LogP) is 0.454. The van der Waals surface area contributed by atoms with Crippen molar-refractivity contribution in [3.05, 3.63) is 42.0 Å². The summed E-state index contributed by atoms with van der Waals surface area (Å²) in [6.45, 7) is 2.84. The van der Waals surface area contributed by atoms with Gasteiger partial charge in [0.15, 0.2) is 0 Å². The van der Waals surface area contributed by atoms with Crippen LogP contribution in [-0.4, -0.2) is 98.0 Å². The molecule has 32 heavy (non-hydrogen) atoms. The maximum atomic E-state index is 11.5. The number of aliphatic hydroxyl groups excluding tert-OH is 1. The van der Waals surface area contributed by atoms with Gasteiger partial charge in [-0.2, -0.15) is 0 Å². The molecule has 0 fully saturated rings. The molecule has 5 N–H and O–H groups in total. The molecule has 0 saturated carbocycles. The fourth-order valence-corrected chi connectivity index (χ4v) is 3.08. The first kappa shape index (κ1) is 26.8. The number of carboxylic acid groups (broad SMARTS) is 4. The first-order valence-electron chi connectivity index (χ1n) is 9.78. The summed E-state index contributed by atoms with van der Waals surface area (Å²) in [7, 11) is 0. The molecule has 0 aliphatic rings. The highest BCUT2D eigenvalue weighted by atomic mass is 16.4. The highest BCUT2D eigenvalue weighted by Crippen LogP contribution is 2.16. The van der Waals surface area contributed by atoms with Crippen LogP contribution >= 0.6 is 0 Å². The number of hydrogen-bond acceptors (Lipinski definition) is 7. The van der Waals surface area contributed by atoms with Gasteiger partial charge < -0.3 is 25.5 Å². The van der Waals surface area contributed by atoms with Gasteiger partial charge in [-0.05, 0) is 11.1 Å². The summed E-state index contributed by atoms with van der Waals surface area (Å²) in [6.07, 6.45) is -0.387. The van der Waals surface area contributed by atoms with Crippen molar-refractivity contribution in [3.8, 4) is 0 Å². The second kappa shape index (κ2) is 13.2. The first-order chi connectivity index (χ1) is 15.0. The molecule has 1 aromatic rings. The third-order valence-electron chi connectivity index (χ3n) is 4.77. The van der Waals surface area contributed by atoms with E-state index >= 15 is 0 Å². The SMILES string of the molecule is C=Cc1ccc(C(O)CN(CCC(=O)O)CCN(CC(=O)O)C(CC(=O)O)C(=O)O)cc1. The van der Waals surface area contributed by atoms with Gasteiger partial charge in [0.1, 0.15) is 6.04 Å². The summed E-state index contributed by atoms with van der Waals surface area (Å²) in [6, 6.07) is 5.33. The maximum absolute atomic E-state index is 11.5. The summed E-state index contributed by atoms with van der Waals surface area (Å²) < 4.78 is 0. The monoisotopic (exact) mass is 452 g/mol. The molecule has 0 spiro atoms. The fraction of sp³-hybridized carbons (Fsp3) is 0.429. The van der Waals surface area contributed by atoms with E-state index in [2.05, 4.69) is 6.58 Å². The van der Waals surface area contributed by atoms with Gasteiger partial charge in [-0.25, -0.2) is 0 Å². The Bertz CT molecular complexity index is 810. The minimum Gasteiger partial charge on any atom is -0.481 e. The summed E-state index contributed by atoms with van der Waals surface area (Å²) >= 11 is 0. The van der Waals surface area contributed by atoms with Crippen LogP contribution in [0.2, 0.25) is 0 Å². The Hall–Kier alpha value is -3.28. The number of carbonyl (C=O) groups is 4. The standard InChI is InChI=1S/C21H28N2O9/c1-2-14-3-5-15(6-4-14)17(24)12-22(8-7-18(25)26)9-10-23(13-20(29)30)16(21(31)32)11-19(27)28/h2-6,16-17,24H,1,7-13H2,(H,25,26)(H,27,28)(H,29,30)(H,31,32). The molecule has 0 amide bonds. The maximum Gasteiger partial charge on any atom is 0.321 e. The van der Waals surface area contributed by atoms with Crippen LogP contribution in [0.5, 0.6) is 0 Å². The Morgan fingerprint density at radius 1 is 0.906 bits per heavy atom. The highest BCUT2D eigenvalue weighted by molar-refractivity contribution is 5.81. The van der Waals surface area contributed by atoms with Gasteiger partial charge in [-0.15, -0.1) is 0 Å². The lowest BCUT2D eigenvalue weighted by atomic mass is 10.1. The summed E-state index contributed by atoms with van der Waals surface area (Å²) in [4.78, 5) is 47.3. The highest BCUT2D eigenvalue weighted by Gasteiger charge is 2.30. The van der Waals surface area contributed by atoms with E-state index in [9.17, 15) is 29.4 Å². The number of hydrogen-bond donors (Lipinski definition) is 5.